The molecular weight excluding hydrogens is 240 g/mol. The maximum atomic E-state index is 11.4. The van der Waals surface area contributed by atoms with Gasteiger partial charge in [-0.25, -0.2) is 4.79 Å². The topological polar surface area (TPSA) is 77.5 Å². The highest BCUT2D eigenvalue weighted by atomic mass is 16.7. The Morgan fingerprint density at radius 1 is 1.56 bits per heavy atom. The minimum Gasteiger partial charge on any atom is -0.463 e. The Hall–Kier alpha value is -0.950. The Bertz CT molecular complexity index is 290. The molecule has 0 aromatic carbocycles. The third-order valence-corrected chi connectivity index (χ3v) is 2.58. The zero-order chi connectivity index (χ0) is 13.5. The maximum Gasteiger partial charge on any atom is 0.333 e. The van der Waals surface area contributed by atoms with Crippen LogP contribution in [0.3, 0.4) is 0 Å². The van der Waals surface area contributed by atoms with Gasteiger partial charge in [0, 0.05) is 19.1 Å². The number of rotatable bonds is 9. The summed E-state index contributed by atoms with van der Waals surface area (Å²) in [6.45, 7) is 5.74. The number of methoxy groups -OCH3 is 1. The first-order chi connectivity index (χ1) is 8.63. The fourth-order valence-corrected chi connectivity index (χ4v) is 1.62. The summed E-state index contributed by atoms with van der Waals surface area (Å²) in [5.41, 5.74) is 0.324. The molecule has 0 bridgehead atoms. The summed E-state index contributed by atoms with van der Waals surface area (Å²) in [6, 6.07) is 0. The zero-order valence-corrected chi connectivity index (χ0v) is 10.8. The van der Waals surface area contributed by atoms with Crippen molar-refractivity contribution in [3.05, 3.63) is 12.2 Å². The van der Waals surface area contributed by atoms with E-state index in [9.17, 15) is 4.79 Å². The lowest BCUT2D eigenvalue weighted by molar-refractivity contribution is -0.139. The molecule has 0 radical (unpaired) electrons. The smallest absolute Gasteiger partial charge is 0.333 e. The van der Waals surface area contributed by atoms with E-state index in [1.165, 1.54) is 7.11 Å². The van der Waals surface area contributed by atoms with Crippen LogP contribution >= 0.6 is 0 Å². The largest absolute Gasteiger partial charge is 0.463 e. The molecule has 0 aliphatic carbocycles. The minimum absolute atomic E-state index is 0.0661. The first-order valence-electron chi connectivity index (χ1n) is 5.85. The van der Waals surface area contributed by atoms with Crippen molar-refractivity contribution in [2.24, 2.45) is 0 Å². The number of hydrogen-bond donors (Lipinski definition) is 1. The molecule has 104 valence electrons. The lowest BCUT2D eigenvalue weighted by Gasteiger charge is -2.16. The normalized spacial score (nSPS) is 23.5. The predicted molar refractivity (Wildman–Crippen MR) is 62.9 cm³/mol. The Morgan fingerprint density at radius 3 is 2.78 bits per heavy atom. The van der Waals surface area contributed by atoms with Crippen LogP contribution < -0.4 is 0 Å². The summed E-state index contributed by atoms with van der Waals surface area (Å²) < 4.78 is 20.3. The van der Waals surface area contributed by atoms with Crippen LogP contribution in [0.15, 0.2) is 12.2 Å². The number of ether oxygens (including phenoxy) is 4. The molecule has 1 heterocycles. The highest BCUT2D eigenvalue weighted by Crippen LogP contribution is 2.30. The van der Waals surface area contributed by atoms with Crippen molar-refractivity contribution in [2.45, 2.75) is 31.7 Å². The Balaban J connectivity index is 2.45. The van der Waals surface area contributed by atoms with Gasteiger partial charge in [0.15, 0.2) is 0 Å². The first-order valence-corrected chi connectivity index (χ1v) is 5.85. The highest BCUT2D eigenvalue weighted by molar-refractivity contribution is 5.87. The first kappa shape index (κ1) is 15.1. The Labute approximate surface area is 106 Å². The second kappa shape index (κ2) is 7.48. The molecule has 1 aliphatic heterocycles. The van der Waals surface area contributed by atoms with Gasteiger partial charge in [-0.1, -0.05) is 6.58 Å². The van der Waals surface area contributed by atoms with Crippen LogP contribution in [-0.2, 0) is 23.7 Å². The molecule has 0 saturated carbocycles. The maximum absolute atomic E-state index is 11.4. The Morgan fingerprint density at radius 2 is 2.28 bits per heavy atom. The van der Waals surface area contributed by atoms with Gasteiger partial charge in [0.2, 0.25) is 0 Å². The monoisotopic (exact) mass is 260 g/mol. The van der Waals surface area contributed by atoms with Crippen molar-refractivity contribution in [1.29, 1.82) is 0 Å². The van der Waals surface area contributed by atoms with E-state index in [1.54, 1.807) is 6.92 Å². The molecule has 1 aliphatic rings. The van der Waals surface area contributed by atoms with Crippen molar-refractivity contribution in [3.63, 3.8) is 0 Å². The molecule has 1 rings (SSSR count). The summed E-state index contributed by atoms with van der Waals surface area (Å²) in [4.78, 5) is 11.4. The van der Waals surface area contributed by atoms with Gasteiger partial charge in [-0.05, 0) is 6.92 Å². The lowest BCUT2D eigenvalue weighted by Crippen LogP contribution is -2.26. The van der Waals surface area contributed by atoms with Gasteiger partial charge in [-0.3, -0.25) is 0 Å². The van der Waals surface area contributed by atoms with Gasteiger partial charge >= 0.3 is 5.97 Å². The van der Waals surface area contributed by atoms with Crippen molar-refractivity contribution in [3.8, 4) is 0 Å². The van der Waals surface area contributed by atoms with Gasteiger partial charge in [0.05, 0.1) is 19.3 Å². The van der Waals surface area contributed by atoms with E-state index >= 15 is 0 Å². The summed E-state index contributed by atoms with van der Waals surface area (Å²) in [6.07, 6.45) is -0.527. The van der Waals surface area contributed by atoms with Crippen LogP contribution in [0, 0.1) is 0 Å². The third-order valence-electron chi connectivity index (χ3n) is 2.58. The molecule has 18 heavy (non-hydrogen) atoms. The quantitative estimate of drug-likeness (QED) is 0.277. The third kappa shape index (κ3) is 4.38. The van der Waals surface area contributed by atoms with Crippen LogP contribution in [0.4, 0.5) is 0 Å². The van der Waals surface area contributed by atoms with E-state index in [4.69, 9.17) is 24.1 Å². The van der Waals surface area contributed by atoms with Crippen LogP contribution in [0.2, 0.25) is 0 Å². The van der Waals surface area contributed by atoms with Crippen LogP contribution in [0.25, 0.3) is 0 Å². The fourth-order valence-electron chi connectivity index (χ4n) is 1.62. The summed E-state index contributed by atoms with van der Waals surface area (Å²) >= 11 is 0. The van der Waals surface area contributed by atoms with Gasteiger partial charge in [-0.2, -0.15) is 0 Å². The molecule has 1 N–H and O–H groups in total. The van der Waals surface area contributed by atoms with Crippen molar-refractivity contribution >= 4 is 5.97 Å². The average Bonchev–Trinajstić information content (AvgIpc) is 3.13. The molecule has 6 nitrogen and oxygen atoms in total. The van der Waals surface area contributed by atoms with E-state index in [-0.39, 0.29) is 31.7 Å². The van der Waals surface area contributed by atoms with Crippen molar-refractivity contribution < 1.29 is 28.8 Å². The minimum atomic E-state index is -0.440. The molecular formula is C12H20O6. The van der Waals surface area contributed by atoms with Crippen molar-refractivity contribution in [2.75, 3.05) is 27.1 Å². The second-order valence-corrected chi connectivity index (χ2v) is 3.96. The zero-order valence-electron chi connectivity index (χ0n) is 10.8. The number of aliphatic hydroxyl groups is 1. The summed E-state index contributed by atoms with van der Waals surface area (Å²) in [7, 11) is 1.51. The predicted octanol–water partition coefficient (Wildman–Crippen LogP) is 0.245. The van der Waals surface area contributed by atoms with Crippen molar-refractivity contribution in [1.82, 2.24) is 0 Å². The van der Waals surface area contributed by atoms with Gasteiger partial charge in [0.1, 0.15) is 19.0 Å². The average molecular weight is 260 g/mol. The molecule has 1 saturated heterocycles. The van der Waals surface area contributed by atoms with Gasteiger partial charge < -0.3 is 24.1 Å². The molecule has 1 fully saturated rings. The standard InChI is InChI=1S/C12H20O6/c1-4-16-12(14)8(2)5-9(17-7-15-3)11-10(6-13)18-11/h9-11,13H,2,4-7H2,1,3H3/t9-,10-,11+/m1/s1. The van der Waals surface area contributed by atoms with E-state index in [0.717, 1.165) is 0 Å². The number of esters is 1. The van der Waals surface area contributed by atoms with E-state index in [0.29, 0.717) is 18.6 Å². The second-order valence-electron chi connectivity index (χ2n) is 3.96. The molecule has 0 amide bonds. The summed E-state index contributed by atoms with van der Waals surface area (Å²) in [5.74, 6) is -0.440. The van der Waals surface area contributed by atoms with Gasteiger partial charge in [-0.15, -0.1) is 0 Å². The van der Waals surface area contributed by atoms with Crippen LogP contribution in [-0.4, -0.2) is 56.5 Å². The van der Waals surface area contributed by atoms with Gasteiger partial charge in [0.25, 0.3) is 0 Å². The van der Waals surface area contributed by atoms with Crippen LogP contribution in [0.1, 0.15) is 13.3 Å². The number of carbonyl (C=O) groups is 1. The number of hydrogen-bond acceptors (Lipinski definition) is 6. The fraction of sp³-hybridized carbons (Fsp3) is 0.750. The molecule has 6 heteroatoms. The molecule has 0 aromatic heterocycles. The van der Waals surface area contributed by atoms with E-state index < -0.39 is 5.97 Å². The number of epoxide rings is 1. The van der Waals surface area contributed by atoms with Crippen LogP contribution in [0.5, 0.6) is 0 Å². The lowest BCUT2D eigenvalue weighted by atomic mass is 10.1. The Kier molecular flexibility index (Phi) is 6.28. The highest BCUT2D eigenvalue weighted by Gasteiger charge is 2.45. The SMILES string of the molecule is C=C(C[C@@H](OCOC)[C@@H]1O[C@@H]1CO)C(=O)OCC. The molecule has 0 spiro atoms. The van der Waals surface area contributed by atoms with E-state index in [1.807, 2.05) is 0 Å². The molecule has 0 aromatic rings. The number of aliphatic hydroxyl groups excluding tert-OH is 1. The molecule has 0 unspecified atom stereocenters. The summed E-state index contributed by atoms with van der Waals surface area (Å²) in [5, 5.41) is 8.95. The number of carbonyl (C=O) groups excluding carboxylic acids is 1. The van der Waals surface area contributed by atoms with E-state index in [2.05, 4.69) is 6.58 Å². The molecule has 3 atom stereocenters.